The van der Waals surface area contributed by atoms with Crippen molar-refractivity contribution in [2.24, 2.45) is 0 Å². The molecule has 116 valence electrons. The summed E-state index contributed by atoms with van der Waals surface area (Å²) in [6.07, 6.45) is 1.63. The Kier molecular flexibility index (Phi) is 4.09. The van der Waals surface area contributed by atoms with Gasteiger partial charge in [0.25, 0.3) is 5.91 Å². The van der Waals surface area contributed by atoms with Crippen LogP contribution in [0, 0.1) is 0 Å². The number of nitrogens with zero attached hydrogens (tertiary/aromatic N) is 5. The number of amides is 1. The van der Waals surface area contributed by atoms with Crippen LogP contribution in [0.4, 0.5) is 5.82 Å². The third kappa shape index (κ3) is 3.39. The van der Waals surface area contributed by atoms with Crippen LogP contribution >= 0.6 is 0 Å². The minimum Gasteiger partial charge on any atom is -0.307 e. The molecule has 0 unspecified atom stereocenters. The maximum absolute atomic E-state index is 12.2. The zero-order chi connectivity index (χ0) is 16.2. The monoisotopic (exact) mass is 308 g/mol. The van der Waals surface area contributed by atoms with Crippen molar-refractivity contribution in [1.82, 2.24) is 25.2 Å². The zero-order valence-electron chi connectivity index (χ0n) is 12.8. The van der Waals surface area contributed by atoms with E-state index in [9.17, 15) is 4.79 Å². The number of carbonyl (C=O) groups excluding carboxylic acids is 1. The first-order chi connectivity index (χ1) is 11.1. The minimum atomic E-state index is -0.214. The Hall–Kier alpha value is -3.09. The lowest BCUT2D eigenvalue weighted by atomic mass is 10.1. The number of rotatable bonds is 4. The van der Waals surface area contributed by atoms with E-state index in [4.69, 9.17) is 0 Å². The van der Waals surface area contributed by atoms with Gasteiger partial charge in [-0.25, -0.2) is 4.98 Å². The van der Waals surface area contributed by atoms with Crippen molar-refractivity contribution in [3.63, 3.8) is 0 Å². The van der Waals surface area contributed by atoms with E-state index in [0.29, 0.717) is 17.2 Å². The Balaban J connectivity index is 1.74. The molecule has 3 aromatic rings. The van der Waals surface area contributed by atoms with Gasteiger partial charge in [0.1, 0.15) is 5.82 Å². The van der Waals surface area contributed by atoms with E-state index >= 15 is 0 Å². The van der Waals surface area contributed by atoms with E-state index in [1.807, 2.05) is 19.9 Å². The molecule has 23 heavy (non-hydrogen) atoms. The molecule has 2 aromatic heterocycles. The summed E-state index contributed by atoms with van der Waals surface area (Å²) in [6, 6.07) is 12.6. The van der Waals surface area contributed by atoms with E-state index in [2.05, 4.69) is 25.7 Å². The molecule has 7 nitrogen and oxygen atoms in total. The van der Waals surface area contributed by atoms with Gasteiger partial charge in [0.15, 0.2) is 0 Å². The summed E-state index contributed by atoms with van der Waals surface area (Å²) in [5.41, 5.74) is 1.35. The lowest BCUT2D eigenvalue weighted by Gasteiger charge is -2.04. The van der Waals surface area contributed by atoms with Crippen molar-refractivity contribution >= 4 is 11.7 Å². The number of anilines is 1. The molecule has 3 rings (SSSR count). The van der Waals surface area contributed by atoms with Crippen LogP contribution in [0.25, 0.3) is 11.4 Å². The third-order valence-corrected chi connectivity index (χ3v) is 3.20. The van der Waals surface area contributed by atoms with Gasteiger partial charge in [-0.3, -0.25) is 4.79 Å². The highest BCUT2D eigenvalue weighted by Crippen LogP contribution is 2.16. The lowest BCUT2D eigenvalue weighted by molar-refractivity contribution is 0.102. The first kappa shape index (κ1) is 14.8. The van der Waals surface area contributed by atoms with Crippen molar-refractivity contribution in [1.29, 1.82) is 0 Å². The maximum atomic E-state index is 12.2. The molecular formula is C16H16N6O. The molecule has 0 saturated heterocycles. The molecule has 7 heteroatoms. The Morgan fingerprint density at radius 1 is 1.13 bits per heavy atom. The van der Waals surface area contributed by atoms with Gasteiger partial charge in [0.05, 0.1) is 6.04 Å². The Labute approximate surface area is 133 Å². The molecule has 0 fully saturated rings. The van der Waals surface area contributed by atoms with Crippen molar-refractivity contribution in [2.45, 2.75) is 19.9 Å². The largest absolute Gasteiger partial charge is 0.307 e. The van der Waals surface area contributed by atoms with E-state index in [-0.39, 0.29) is 11.9 Å². The van der Waals surface area contributed by atoms with Crippen LogP contribution in [0.2, 0.25) is 0 Å². The van der Waals surface area contributed by atoms with Crippen molar-refractivity contribution in [2.75, 3.05) is 5.32 Å². The second-order valence-corrected chi connectivity index (χ2v) is 5.27. The van der Waals surface area contributed by atoms with Crippen LogP contribution < -0.4 is 5.32 Å². The third-order valence-electron chi connectivity index (χ3n) is 3.20. The maximum Gasteiger partial charge on any atom is 0.256 e. The predicted octanol–water partition coefficient (Wildman–Crippen LogP) is 2.57. The molecule has 0 bridgehead atoms. The fourth-order valence-corrected chi connectivity index (χ4v) is 1.96. The van der Waals surface area contributed by atoms with Crippen LogP contribution in [-0.4, -0.2) is 31.1 Å². The molecule has 1 aromatic carbocycles. The van der Waals surface area contributed by atoms with Gasteiger partial charge in [-0.1, -0.05) is 18.2 Å². The molecule has 0 aliphatic heterocycles. The van der Waals surface area contributed by atoms with Gasteiger partial charge in [0.2, 0.25) is 5.82 Å². The summed E-state index contributed by atoms with van der Waals surface area (Å²) in [5.74, 6) is 0.840. The van der Waals surface area contributed by atoms with Crippen LogP contribution in [0.1, 0.15) is 30.2 Å². The first-order valence-corrected chi connectivity index (χ1v) is 7.26. The van der Waals surface area contributed by atoms with Gasteiger partial charge >= 0.3 is 0 Å². The van der Waals surface area contributed by atoms with Crippen LogP contribution in [-0.2, 0) is 0 Å². The summed E-state index contributed by atoms with van der Waals surface area (Å²) in [4.78, 5) is 17.8. The van der Waals surface area contributed by atoms with Gasteiger partial charge in [-0.15, -0.1) is 10.2 Å². The standard InChI is InChI=1S/C16H16N6O/c1-11(2)22-20-15(19-21-22)12-6-8-13(9-7-12)16(23)18-14-5-3-4-10-17-14/h3-11H,1-2H3,(H,17,18,23). The van der Waals surface area contributed by atoms with E-state index in [1.165, 1.54) is 0 Å². The van der Waals surface area contributed by atoms with E-state index in [1.54, 1.807) is 47.4 Å². The highest BCUT2D eigenvalue weighted by molar-refractivity contribution is 6.03. The minimum absolute atomic E-state index is 0.152. The lowest BCUT2D eigenvalue weighted by Crippen LogP contribution is -2.12. The number of carbonyl (C=O) groups is 1. The fraction of sp³-hybridized carbons (Fsp3) is 0.188. The molecule has 0 spiro atoms. The number of tetrazole rings is 1. The molecule has 0 saturated carbocycles. The van der Waals surface area contributed by atoms with Gasteiger partial charge in [-0.05, 0) is 43.3 Å². The summed E-state index contributed by atoms with van der Waals surface area (Å²) >= 11 is 0. The average Bonchev–Trinajstić information content (AvgIpc) is 3.06. The van der Waals surface area contributed by atoms with Gasteiger partial charge < -0.3 is 5.32 Å². The topological polar surface area (TPSA) is 85.6 Å². The van der Waals surface area contributed by atoms with Crippen LogP contribution in [0.5, 0.6) is 0 Å². The Morgan fingerprint density at radius 2 is 1.91 bits per heavy atom. The quantitative estimate of drug-likeness (QED) is 0.800. The predicted molar refractivity (Wildman–Crippen MR) is 85.8 cm³/mol. The van der Waals surface area contributed by atoms with E-state index < -0.39 is 0 Å². The normalized spacial score (nSPS) is 10.7. The molecule has 0 aliphatic carbocycles. The highest BCUT2D eigenvalue weighted by Gasteiger charge is 2.10. The SMILES string of the molecule is CC(C)n1nnc(-c2ccc(C(=O)Nc3ccccn3)cc2)n1. The Morgan fingerprint density at radius 3 is 2.52 bits per heavy atom. The van der Waals surface area contributed by atoms with Crippen molar-refractivity contribution < 1.29 is 4.79 Å². The molecule has 0 radical (unpaired) electrons. The Bertz CT molecular complexity index is 795. The molecule has 2 heterocycles. The number of benzene rings is 1. The van der Waals surface area contributed by atoms with Crippen molar-refractivity contribution in [3.05, 3.63) is 54.2 Å². The molecule has 0 atom stereocenters. The molecule has 1 amide bonds. The van der Waals surface area contributed by atoms with Gasteiger partial charge in [-0.2, -0.15) is 4.80 Å². The summed E-state index contributed by atoms with van der Waals surface area (Å²) in [6.45, 7) is 3.97. The summed E-state index contributed by atoms with van der Waals surface area (Å²) in [7, 11) is 0. The summed E-state index contributed by atoms with van der Waals surface area (Å²) < 4.78 is 0. The first-order valence-electron chi connectivity index (χ1n) is 7.26. The van der Waals surface area contributed by atoms with Crippen LogP contribution in [0.15, 0.2) is 48.7 Å². The second-order valence-electron chi connectivity index (χ2n) is 5.27. The average molecular weight is 308 g/mol. The number of nitrogens with one attached hydrogen (secondary N) is 1. The molecule has 1 N–H and O–H groups in total. The van der Waals surface area contributed by atoms with E-state index in [0.717, 1.165) is 5.56 Å². The molecule has 0 aliphatic rings. The summed E-state index contributed by atoms with van der Waals surface area (Å²) in [5, 5.41) is 15.1. The fourth-order valence-electron chi connectivity index (χ4n) is 1.96. The zero-order valence-corrected chi connectivity index (χ0v) is 12.8. The van der Waals surface area contributed by atoms with Crippen LogP contribution in [0.3, 0.4) is 0 Å². The van der Waals surface area contributed by atoms with Crippen molar-refractivity contribution in [3.8, 4) is 11.4 Å². The number of hydrogen-bond acceptors (Lipinski definition) is 5. The highest BCUT2D eigenvalue weighted by atomic mass is 16.1. The van der Waals surface area contributed by atoms with Gasteiger partial charge in [0, 0.05) is 17.3 Å². The number of hydrogen-bond donors (Lipinski definition) is 1. The molecular weight excluding hydrogens is 292 g/mol. The number of pyridine rings is 1. The second kappa shape index (κ2) is 6.35. The number of aromatic nitrogens is 5. The smallest absolute Gasteiger partial charge is 0.256 e.